The van der Waals surface area contributed by atoms with Crippen LogP contribution < -0.4 is 14.8 Å². The minimum atomic E-state index is 0.673. The van der Waals surface area contributed by atoms with Gasteiger partial charge in [0.1, 0.15) is 6.61 Å². The first kappa shape index (κ1) is 17.2. The molecule has 0 heterocycles. The molecule has 0 fully saturated rings. The Balaban J connectivity index is 1.97. The van der Waals surface area contributed by atoms with Crippen LogP contribution in [0.1, 0.15) is 25.7 Å². The Labute approximate surface area is 127 Å². The molecule has 0 saturated heterocycles. The van der Waals surface area contributed by atoms with Crippen LogP contribution in [-0.4, -0.2) is 38.8 Å². The summed E-state index contributed by atoms with van der Waals surface area (Å²) >= 11 is 1.93. The van der Waals surface area contributed by atoms with E-state index in [-0.39, 0.29) is 0 Å². The third-order valence-corrected chi connectivity index (χ3v) is 3.75. The van der Waals surface area contributed by atoms with Crippen LogP contribution in [0.4, 0.5) is 0 Å². The summed E-state index contributed by atoms with van der Waals surface area (Å²) < 4.78 is 10.9. The lowest BCUT2D eigenvalue weighted by Crippen LogP contribution is -2.22. The smallest absolute Gasteiger partial charge is 0.161 e. The summed E-state index contributed by atoms with van der Waals surface area (Å²) in [6.07, 6.45) is 7.44. The highest BCUT2D eigenvalue weighted by atomic mass is 32.2. The lowest BCUT2D eigenvalue weighted by molar-refractivity contribution is 0.292. The molecule has 0 radical (unpaired) electrons. The second-order valence-electron chi connectivity index (χ2n) is 4.66. The average molecular weight is 297 g/mol. The van der Waals surface area contributed by atoms with Crippen molar-refractivity contribution in [3.8, 4) is 11.5 Å². The zero-order valence-electron chi connectivity index (χ0n) is 12.7. The Kier molecular flexibility index (Phi) is 10.2. The van der Waals surface area contributed by atoms with E-state index in [4.69, 9.17) is 9.47 Å². The molecule has 1 aromatic rings. The summed E-state index contributed by atoms with van der Waals surface area (Å²) in [5.74, 6) is 2.90. The highest BCUT2D eigenvalue weighted by molar-refractivity contribution is 7.98. The van der Waals surface area contributed by atoms with E-state index in [2.05, 4.69) is 11.6 Å². The second-order valence-corrected chi connectivity index (χ2v) is 5.64. The summed E-state index contributed by atoms with van der Waals surface area (Å²) in [6.45, 7) is 2.63. The van der Waals surface area contributed by atoms with Crippen LogP contribution in [0.2, 0.25) is 0 Å². The van der Waals surface area contributed by atoms with Crippen LogP contribution in [0, 0.1) is 0 Å². The van der Waals surface area contributed by atoms with Crippen molar-refractivity contribution in [2.24, 2.45) is 0 Å². The van der Waals surface area contributed by atoms with Crippen molar-refractivity contribution >= 4 is 11.8 Å². The predicted molar refractivity (Wildman–Crippen MR) is 88.2 cm³/mol. The Morgan fingerprint density at radius 2 is 1.75 bits per heavy atom. The van der Waals surface area contributed by atoms with E-state index in [1.165, 1.54) is 31.4 Å². The Morgan fingerprint density at radius 3 is 2.50 bits per heavy atom. The van der Waals surface area contributed by atoms with E-state index in [1.807, 2.05) is 36.0 Å². The van der Waals surface area contributed by atoms with Crippen molar-refractivity contribution in [1.29, 1.82) is 0 Å². The first-order valence-electron chi connectivity index (χ1n) is 7.34. The molecular weight excluding hydrogens is 270 g/mol. The molecule has 20 heavy (non-hydrogen) atoms. The zero-order chi connectivity index (χ0) is 14.5. The normalized spacial score (nSPS) is 10.5. The van der Waals surface area contributed by atoms with Gasteiger partial charge in [0.15, 0.2) is 11.5 Å². The summed E-state index contributed by atoms with van der Waals surface area (Å²) in [5.41, 5.74) is 0. The minimum absolute atomic E-state index is 0.673. The maximum absolute atomic E-state index is 5.70. The van der Waals surface area contributed by atoms with Gasteiger partial charge >= 0.3 is 0 Å². The van der Waals surface area contributed by atoms with E-state index in [9.17, 15) is 0 Å². The standard InChI is InChI=1S/C16H27NO2S/c1-18-15-9-5-6-10-16(15)19-13-12-17-11-7-3-4-8-14-20-2/h5-6,9-10,17H,3-4,7-8,11-14H2,1-2H3. The van der Waals surface area contributed by atoms with Gasteiger partial charge in [-0.25, -0.2) is 0 Å². The fraction of sp³-hybridized carbons (Fsp3) is 0.625. The number of para-hydroxylation sites is 2. The van der Waals surface area contributed by atoms with Gasteiger partial charge in [0, 0.05) is 6.54 Å². The summed E-state index contributed by atoms with van der Waals surface area (Å²) in [5, 5.41) is 3.41. The average Bonchev–Trinajstić information content (AvgIpc) is 2.49. The number of hydrogen-bond acceptors (Lipinski definition) is 4. The zero-order valence-corrected chi connectivity index (χ0v) is 13.5. The van der Waals surface area contributed by atoms with Crippen molar-refractivity contribution < 1.29 is 9.47 Å². The van der Waals surface area contributed by atoms with Crippen LogP contribution in [0.15, 0.2) is 24.3 Å². The van der Waals surface area contributed by atoms with Crippen molar-refractivity contribution in [2.75, 3.05) is 38.8 Å². The van der Waals surface area contributed by atoms with Gasteiger partial charge in [-0.2, -0.15) is 11.8 Å². The van der Waals surface area contributed by atoms with Gasteiger partial charge in [-0.3, -0.25) is 0 Å². The quantitative estimate of drug-likeness (QED) is 0.597. The number of hydrogen-bond donors (Lipinski definition) is 1. The van der Waals surface area contributed by atoms with E-state index < -0.39 is 0 Å². The monoisotopic (exact) mass is 297 g/mol. The molecule has 1 N–H and O–H groups in total. The lowest BCUT2D eigenvalue weighted by Gasteiger charge is -2.10. The Bertz CT molecular complexity index is 347. The first-order chi connectivity index (χ1) is 9.88. The highest BCUT2D eigenvalue weighted by Gasteiger charge is 2.01. The number of thioether (sulfide) groups is 1. The maximum Gasteiger partial charge on any atom is 0.161 e. The molecule has 0 bridgehead atoms. The van der Waals surface area contributed by atoms with Gasteiger partial charge < -0.3 is 14.8 Å². The Morgan fingerprint density at radius 1 is 1.00 bits per heavy atom. The van der Waals surface area contributed by atoms with Crippen LogP contribution in [-0.2, 0) is 0 Å². The first-order valence-corrected chi connectivity index (χ1v) is 8.73. The molecule has 0 aliphatic heterocycles. The third-order valence-electron chi connectivity index (χ3n) is 3.06. The topological polar surface area (TPSA) is 30.5 Å². The molecule has 0 unspecified atom stereocenters. The third kappa shape index (κ3) is 7.65. The van der Waals surface area contributed by atoms with Crippen LogP contribution in [0.3, 0.4) is 0 Å². The predicted octanol–water partition coefficient (Wildman–Crippen LogP) is 3.59. The van der Waals surface area contributed by atoms with E-state index in [1.54, 1.807) is 7.11 Å². The molecule has 4 heteroatoms. The largest absolute Gasteiger partial charge is 0.493 e. The van der Waals surface area contributed by atoms with Gasteiger partial charge in [-0.05, 0) is 43.5 Å². The van der Waals surface area contributed by atoms with Crippen LogP contribution >= 0.6 is 11.8 Å². The van der Waals surface area contributed by atoms with Gasteiger partial charge in [0.25, 0.3) is 0 Å². The number of unbranched alkanes of at least 4 members (excludes halogenated alkanes) is 3. The Hall–Kier alpha value is -0.870. The van der Waals surface area contributed by atoms with E-state index in [0.717, 1.165) is 24.6 Å². The van der Waals surface area contributed by atoms with E-state index >= 15 is 0 Å². The number of benzene rings is 1. The summed E-state index contributed by atoms with van der Waals surface area (Å²) in [4.78, 5) is 0. The van der Waals surface area contributed by atoms with Crippen molar-refractivity contribution in [2.45, 2.75) is 25.7 Å². The van der Waals surface area contributed by atoms with Crippen molar-refractivity contribution in [3.63, 3.8) is 0 Å². The molecule has 0 aromatic heterocycles. The summed E-state index contributed by atoms with van der Waals surface area (Å²) in [7, 11) is 1.66. The molecule has 0 atom stereocenters. The number of ether oxygens (including phenoxy) is 2. The van der Waals surface area contributed by atoms with Gasteiger partial charge in [0.05, 0.1) is 7.11 Å². The number of nitrogens with one attached hydrogen (secondary N) is 1. The fourth-order valence-electron chi connectivity index (χ4n) is 1.95. The molecule has 0 aliphatic carbocycles. The number of rotatable bonds is 12. The van der Waals surface area contributed by atoms with Gasteiger partial charge in [0.2, 0.25) is 0 Å². The van der Waals surface area contributed by atoms with Gasteiger partial charge in [-0.1, -0.05) is 25.0 Å². The molecule has 0 saturated carbocycles. The van der Waals surface area contributed by atoms with Crippen molar-refractivity contribution in [3.05, 3.63) is 24.3 Å². The molecule has 3 nitrogen and oxygen atoms in total. The molecule has 0 amide bonds. The molecular formula is C16H27NO2S. The highest BCUT2D eigenvalue weighted by Crippen LogP contribution is 2.25. The second kappa shape index (κ2) is 11.9. The minimum Gasteiger partial charge on any atom is -0.493 e. The summed E-state index contributed by atoms with van der Waals surface area (Å²) in [6, 6.07) is 7.75. The molecule has 114 valence electrons. The molecule has 1 rings (SSSR count). The fourth-order valence-corrected chi connectivity index (χ4v) is 2.44. The maximum atomic E-state index is 5.70. The molecule has 0 aliphatic rings. The SMILES string of the molecule is COc1ccccc1OCCNCCCCCCSC. The molecule has 1 aromatic carbocycles. The number of methoxy groups -OCH3 is 1. The van der Waals surface area contributed by atoms with Crippen LogP contribution in [0.25, 0.3) is 0 Å². The van der Waals surface area contributed by atoms with E-state index in [0.29, 0.717) is 6.61 Å². The lowest BCUT2D eigenvalue weighted by atomic mass is 10.2. The van der Waals surface area contributed by atoms with Gasteiger partial charge in [-0.15, -0.1) is 0 Å². The van der Waals surface area contributed by atoms with Crippen LogP contribution in [0.5, 0.6) is 11.5 Å². The van der Waals surface area contributed by atoms with Crippen molar-refractivity contribution in [1.82, 2.24) is 5.32 Å². The molecule has 0 spiro atoms.